The fraction of sp³-hybridized carbons (Fsp3) is 0.0870. The van der Waals surface area contributed by atoms with Gasteiger partial charge in [-0.25, -0.2) is 0 Å². The molecular weight excluding hydrogens is 342 g/mol. The molecule has 3 aromatic rings. The zero-order valence-electron chi connectivity index (χ0n) is 14.6. The van der Waals surface area contributed by atoms with E-state index >= 15 is 0 Å². The second-order valence-electron chi connectivity index (χ2n) is 6.09. The van der Waals surface area contributed by atoms with Crippen molar-refractivity contribution in [1.29, 1.82) is 0 Å². The van der Waals surface area contributed by atoms with Crippen LogP contribution >= 0.6 is 11.6 Å². The van der Waals surface area contributed by atoms with Gasteiger partial charge in [-0.3, -0.25) is 4.79 Å². The number of hydrogen-bond acceptors (Lipinski definition) is 1. The third-order valence-corrected chi connectivity index (χ3v) is 4.47. The van der Waals surface area contributed by atoms with E-state index in [1.807, 2.05) is 98.1 Å². The average molecular weight is 362 g/mol. The monoisotopic (exact) mass is 361 g/mol. The van der Waals surface area contributed by atoms with Crippen LogP contribution in [0.25, 0.3) is 11.6 Å². The van der Waals surface area contributed by atoms with E-state index in [1.165, 1.54) is 0 Å². The first-order chi connectivity index (χ1) is 12.6. The zero-order valence-corrected chi connectivity index (χ0v) is 15.4. The van der Waals surface area contributed by atoms with Crippen LogP contribution in [0, 0.1) is 0 Å². The molecule has 26 heavy (non-hydrogen) atoms. The van der Waals surface area contributed by atoms with Crippen molar-refractivity contribution in [3.05, 3.63) is 107 Å². The largest absolute Gasteiger partial charge is 0.337 e. The topological polar surface area (TPSA) is 20.3 Å². The van der Waals surface area contributed by atoms with Gasteiger partial charge in [-0.1, -0.05) is 90.5 Å². The predicted molar refractivity (Wildman–Crippen MR) is 109 cm³/mol. The van der Waals surface area contributed by atoms with Crippen molar-refractivity contribution >= 4 is 29.2 Å². The molecule has 0 saturated heterocycles. The van der Waals surface area contributed by atoms with Crippen molar-refractivity contribution < 1.29 is 4.79 Å². The lowest BCUT2D eigenvalue weighted by molar-refractivity contribution is -0.124. The molecule has 0 aliphatic carbocycles. The number of nitrogens with zero attached hydrogens (tertiary/aromatic N) is 1. The van der Waals surface area contributed by atoms with E-state index in [9.17, 15) is 4.79 Å². The summed E-state index contributed by atoms with van der Waals surface area (Å²) in [6.45, 7) is 0.548. The van der Waals surface area contributed by atoms with E-state index in [4.69, 9.17) is 11.6 Å². The summed E-state index contributed by atoms with van der Waals surface area (Å²) in [5, 5.41) is 0.624. The number of carbonyl (C=O) groups is 1. The van der Waals surface area contributed by atoms with E-state index in [0.29, 0.717) is 17.1 Å². The van der Waals surface area contributed by atoms with E-state index in [-0.39, 0.29) is 5.91 Å². The lowest BCUT2D eigenvalue weighted by atomic mass is 10.0. The first kappa shape index (κ1) is 18.0. The molecule has 0 fully saturated rings. The Morgan fingerprint density at radius 2 is 1.46 bits per heavy atom. The highest BCUT2D eigenvalue weighted by atomic mass is 35.5. The quantitative estimate of drug-likeness (QED) is 0.431. The molecule has 0 radical (unpaired) electrons. The molecule has 2 nitrogen and oxygen atoms in total. The van der Waals surface area contributed by atoms with Gasteiger partial charge >= 0.3 is 0 Å². The fourth-order valence-corrected chi connectivity index (χ4v) is 2.96. The van der Waals surface area contributed by atoms with Crippen LogP contribution in [0.4, 0.5) is 0 Å². The third kappa shape index (κ3) is 4.41. The van der Waals surface area contributed by atoms with E-state index < -0.39 is 0 Å². The van der Waals surface area contributed by atoms with E-state index in [0.717, 1.165) is 16.7 Å². The molecule has 3 aromatic carbocycles. The summed E-state index contributed by atoms with van der Waals surface area (Å²) in [5.41, 5.74) is 3.41. The van der Waals surface area contributed by atoms with Gasteiger partial charge in [0, 0.05) is 24.2 Å². The van der Waals surface area contributed by atoms with Gasteiger partial charge in [-0.15, -0.1) is 0 Å². The lowest BCUT2D eigenvalue weighted by Gasteiger charge is -2.20. The van der Waals surface area contributed by atoms with Gasteiger partial charge in [0.1, 0.15) is 0 Å². The Kier molecular flexibility index (Phi) is 5.88. The van der Waals surface area contributed by atoms with Crippen LogP contribution in [0.5, 0.6) is 0 Å². The van der Waals surface area contributed by atoms with Crippen molar-refractivity contribution in [3.63, 3.8) is 0 Å². The molecule has 130 valence electrons. The molecule has 0 N–H and O–H groups in total. The summed E-state index contributed by atoms with van der Waals surface area (Å²) >= 11 is 6.30. The van der Waals surface area contributed by atoms with Crippen LogP contribution in [0.1, 0.15) is 16.7 Å². The molecule has 0 heterocycles. The zero-order chi connectivity index (χ0) is 18.4. The Bertz CT molecular complexity index is 904. The summed E-state index contributed by atoms with van der Waals surface area (Å²) in [7, 11) is 1.82. The Morgan fingerprint density at radius 1 is 0.885 bits per heavy atom. The molecule has 0 aliphatic rings. The van der Waals surface area contributed by atoms with Crippen molar-refractivity contribution in [1.82, 2.24) is 4.90 Å². The van der Waals surface area contributed by atoms with Crippen molar-refractivity contribution in [3.8, 4) is 0 Å². The molecule has 1 amide bonds. The molecule has 3 heteroatoms. The third-order valence-electron chi connectivity index (χ3n) is 4.13. The van der Waals surface area contributed by atoms with Gasteiger partial charge in [0.2, 0.25) is 0 Å². The molecule has 0 unspecified atom stereocenters. The van der Waals surface area contributed by atoms with Crippen LogP contribution in [0.3, 0.4) is 0 Å². The fourth-order valence-electron chi connectivity index (χ4n) is 2.77. The number of halogens is 1. The molecule has 0 bridgehead atoms. The van der Waals surface area contributed by atoms with Crippen molar-refractivity contribution in [2.24, 2.45) is 0 Å². The number of likely N-dealkylation sites (N-methyl/N-ethyl adjacent to an activating group) is 1. The minimum atomic E-state index is -0.0417. The maximum Gasteiger partial charge on any atom is 0.254 e. The Hall–Kier alpha value is -2.84. The summed E-state index contributed by atoms with van der Waals surface area (Å²) in [6, 6.07) is 27.2. The molecule has 0 atom stereocenters. The molecule has 0 aliphatic heterocycles. The van der Waals surface area contributed by atoms with Gasteiger partial charge in [0.25, 0.3) is 5.91 Å². The minimum absolute atomic E-state index is 0.0417. The van der Waals surface area contributed by atoms with E-state index in [1.54, 1.807) is 4.90 Å². The highest BCUT2D eigenvalue weighted by Gasteiger charge is 2.17. The molecule has 0 saturated carbocycles. The van der Waals surface area contributed by atoms with Gasteiger partial charge < -0.3 is 4.90 Å². The first-order valence-corrected chi connectivity index (χ1v) is 8.84. The SMILES string of the molecule is CN(Cc1ccccc1)C(=O)/C(=C/c1ccccc1Cl)c1ccccc1. The summed E-state index contributed by atoms with van der Waals surface area (Å²) in [4.78, 5) is 14.9. The second-order valence-corrected chi connectivity index (χ2v) is 6.50. The van der Waals surface area contributed by atoms with Crippen molar-refractivity contribution in [2.45, 2.75) is 6.54 Å². The normalized spacial score (nSPS) is 11.2. The molecule has 0 aromatic heterocycles. The summed E-state index contributed by atoms with van der Waals surface area (Å²) in [5.74, 6) is -0.0417. The average Bonchev–Trinajstić information content (AvgIpc) is 2.68. The highest BCUT2D eigenvalue weighted by Crippen LogP contribution is 2.25. The van der Waals surface area contributed by atoms with Gasteiger partial charge in [0.15, 0.2) is 0 Å². The van der Waals surface area contributed by atoms with Gasteiger partial charge in [0.05, 0.1) is 0 Å². The van der Waals surface area contributed by atoms with Crippen LogP contribution in [-0.4, -0.2) is 17.9 Å². The summed E-state index contributed by atoms with van der Waals surface area (Å²) in [6.07, 6.45) is 1.86. The second kappa shape index (κ2) is 8.50. The Morgan fingerprint density at radius 3 is 2.12 bits per heavy atom. The highest BCUT2D eigenvalue weighted by molar-refractivity contribution is 6.33. The standard InChI is InChI=1S/C23H20ClNO/c1-25(17-18-10-4-2-5-11-18)23(26)21(19-12-6-3-7-13-19)16-20-14-8-9-15-22(20)24/h2-16H,17H2,1H3/b21-16+. The number of benzene rings is 3. The molecule has 3 rings (SSSR count). The smallest absolute Gasteiger partial charge is 0.254 e. The van der Waals surface area contributed by atoms with Gasteiger partial charge in [-0.2, -0.15) is 0 Å². The van der Waals surface area contributed by atoms with Crippen LogP contribution in [0.2, 0.25) is 5.02 Å². The maximum atomic E-state index is 13.2. The minimum Gasteiger partial charge on any atom is -0.337 e. The maximum absolute atomic E-state index is 13.2. The van der Waals surface area contributed by atoms with Crippen LogP contribution < -0.4 is 0 Å². The molecule has 0 spiro atoms. The lowest BCUT2D eigenvalue weighted by Crippen LogP contribution is -2.27. The van der Waals surface area contributed by atoms with E-state index in [2.05, 4.69) is 0 Å². The van der Waals surface area contributed by atoms with Crippen LogP contribution in [-0.2, 0) is 11.3 Å². The predicted octanol–water partition coefficient (Wildman–Crippen LogP) is 5.54. The summed E-state index contributed by atoms with van der Waals surface area (Å²) < 4.78 is 0. The number of carbonyl (C=O) groups excluding carboxylic acids is 1. The Balaban J connectivity index is 1.95. The number of hydrogen-bond donors (Lipinski definition) is 0. The van der Waals surface area contributed by atoms with Crippen LogP contribution in [0.15, 0.2) is 84.9 Å². The van der Waals surface area contributed by atoms with Gasteiger partial charge in [-0.05, 0) is 28.8 Å². The Labute approximate surface area is 159 Å². The molecular formula is C23H20ClNO. The number of amides is 1. The van der Waals surface area contributed by atoms with Crippen molar-refractivity contribution in [2.75, 3.05) is 7.05 Å². The first-order valence-electron chi connectivity index (χ1n) is 8.46. The number of rotatable bonds is 5.